The summed E-state index contributed by atoms with van der Waals surface area (Å²) in [5.41, 5.74) is 0.00292. The van der Waals surface area contributed by atoms with Crippen LogP contribution in [0.25, 0.3) is 10.8 Å². The minimum absolute atomic E-state index is 0.00292. The molecule has 0 aliphatic carbocycles. The molecule has 0 saturated carbocycles. The molecule has 0 fully saturated rings. The minimum atomic E-state index is -1.11. The Morgan fingerprint density at radius 1 is 1.16 bits per heavy atom. The summed E-state index contributed by atoms with van der Waals surface area (Å²) in [6.45, 7) is 1.86. The van der Waals surface area contributed by atoms with Crippen LogP contribution in [-0.2, 0) is 4.79 Å². The number of rotatable bonds is 4. The Hall–Kier alpha value is -2.36. The van der Waals surface area contributed by atoms with Gasteiger partial charge in [0.05, 0.1) is 0 Å². The first-order chi connectivity index (χ1) is 9.13. The summed E-state index contributed by atoms with van der Waals surface area (Å²) in [5, 5.41) is 10.6. The maximum Gasteiger partial charge on any atom is 0.339 e. The zero-order chi connectivity index (χ0) is 13.8. The fraction of sp³-hybridized carbons (Fsp3) is 0.200. The summed E-state index contributed by atoms with van der Waals surface area (Å²) in [7, 11) is 0. The van der Waals surface area contributed by atoms with Crippen LogP contribution in [0.1, 0.15) is 30.1 Å². The molecule has 0 saturated heterocycles. The van der Waals surface area contributed by atoms with E-state index in [-0.39, 0.29) is 17.7 Å². The lowest BCUT2D eigenvalue weighted by atomic mass is 10.1. The Labute approximate surface area is 110 Å². The van der Waals surface area contributed by atoms with Crippen molar-refractivity contribution in [1.82, 2.24) is 0 Å². The summed E-state index contributed by atoms with van der Waals surface area (Å²) < 4.78 is 5.24. The average Bonchev–Trinajstić information content (AvgIpc) is 2.39. The maximum atomic E-state index is 11.6. The highest BCUT2D eigenvalue weighted by atomic mass is 16.5. The number of carboxylic acids is 1. The van der Waals surface area contributed by atoms with Gasteiger partial charge in [0, 0.05) is 11.8 Å². The molecule has 2 aromatic carbocycles. The zero-order valence-electron chi connectivity index (χ0n) is 10.6. The Balaban J connectivity index is 2.56. The third-order valence-electron chi connectivity index (χ3n) is 2.78. The molecule has 0 bridgehead atoms. The van der Waals surface area contributed by atoms with Crippen molar-refractivity contribution in [1.29, 1.82) is 0 Å². The van der Waals surface area contributed by atoms with Crippen LogP contribution in [0, 0.1) is 0 Å². The molecule has 1 N–H and O–H groups in total. The van der Waals surface area contributed by atoms with Crippen LogP contribution < -0.4 is 4.74 Å². The number of aromatic carboxylic acids is 1. The Bertz CT molecular complexity index is 631. The van der Waals surface area contributed by atoms with Crippen LogP contribution in [-0.4, -0.2) is 17.0 Å². The van der Waals surface area contributed by atoms with Crippen molar-refractivity contribution in [3.05, 3.63) is 42.0 Å². The predicted octanol–water partition coefficient (Wildman–Crippen LogP) is 3.24. The van der Waals surface area contributed by atoms with Gasteiger partial charge in [0.15, 0.2) is 5.75 Å². The molecule has 19 heavy (non-hydrogen) atoms. The van der Waals surface area contributed by atoms with Crippen LogP contribution >= 0.6 is 0 Å². The molecule has 0 amide bonds. The molecule has 2 aromatic rings. The fourth-order valence-electron chi connectivity index (χ4n) is 1.89. The standard InChI is InChI=1S/C15H14O4/c1-2-5-13(16)19-14-11-7-4-3-6-10(11)8-9-12(14)15(17)18/h3-4,6-9H,2,5H2,1H3,(H,17,18). The highest BCUT2D eigenvalue weighted by Gasteiger charge is 2.17. The lowest BCUT2D eigenvalue weighted by Crippen LogP contribution is -2.11. The minimum Gasteiger partial charge on any atom is -0.478 e. The predicted molar refractivity (Wildman–Crippen MR) is 71.5 cm³/mol. The van der Waals surface area contributed by atoms with Gasteiger partial charge in [0.2, 0.25) is 0 Å². The normalized spacial score (nSPS) is 10.4. The highest BCUT2D eigenvalue weighted by molar-refractivity contribution is 6.01. The first-order valence-electron chi connectivity index (χ1n) is 6.09. The van der Waals surface area contributed by atoms with E-state index < -0.39 is 11.9 Å². The van der Waals surface area contributed by atoms with Crippen molar-refractivity contribution in [2.45, 2.75) is 19.8 Å². The van der Waals surface area contributed by atoms with Crippen LogP contribution in [0.4, 0.5) is 0 Å². The van der Waals surface area contributed by atoms with Gasteiger partial charge in [-0.2, -0.15) is 0 Å². The highest BCUT2D eigenvalue weighted by Crippen LogP contribution is 2.30. The molecule has 2 rings (SSSR count). The summed E-state index contributed by atoms with van der Waals surface area (Å²) in [5.74, 6) is -1.39. The molecule has 0 aliphatic rings. The number of carbonyl (C=O) groups excluding carboxylic acids is 1. The van der Waals surface area contributed by atoms with E-state index in [0.29, 0.717) is 11.8 Å². The molecular weight excluding hydrogens is 244 g/mol. The van der Waals surface area contributed by atoms with E-state index in [9.17, 15) is 14.7 Å². The van der Waals surface area contributed by atoms with Crippen molar-refractivity contribution in [2.75, 3.05) is 0 Å². The van der Waals surface area contributed by atoms with Crippen LogP contribution in [0.15, 0.2) is 36.4 Å². The topological polar surface area (TPSA) is 63.6 Å². The Morgan fingerprint density at radius 3 is 2.58 bits per heavy atom. The monoisotopic (exact) mass is 258 g/mol. The number of ether oxygens (including phenoxy) is 1. The van der Waals surface area contributed by atoms with Gasteiger partial charge >= 0.3 is 11.9 Å². The van der Waals surface area contributed by atoms with Gasteiger partial charge in [-0.15, -0.1) is 0 Å². The fourth-order valence-corrected chi connectivity index (χ4v) is 1.89. The third kappa shape index (κ3) is 2.73. The van der Waals surface area contributed by atoms with Gasteiger partial charge in [-0.3, -0.25) is 4.79 Å². The lowest BCUT2D eigenvalue weighted by Gasteiger charge is -2.10. The molecule has 4 heteroatoms. The van der Waals surface area contributed by atoms with E-state index in [4.69, 9.17) is 4.74 Å². The van der Waals surface area contributed by atoms with Gasteiger partial charge in [-0.25, -0.2) is 4.79 Å². The van der Waals surface area contributed by atoms with Crippen molar-refractivity contribution in [2.24, 2.45) is 0 Å². The largest absolute Gasteiger partial charge is 0.478 e. The summed E-state index contributed by atoms with van der Waals surface area (Å²) in [6, 6.07) is 10.4. The second kappa shape index (κ2) is 5.52. The number of carbonyl (C=O) groups is 2. The second-order valence-electron chi connectivity index (χ2n) is 4.19. The van der Waals surface area contributed by atoms with E-state index in [1.807, 2.05) is 19.1 Å². The molecule has 0 radical (unpaired) electrons. The first-order valence-corrected chi connectivity index (χ1v) is 6.09. The van der Waals surface area contributed by atoms with Gasteiger partial charge in [-0.05, 0) is 17.9 Å². The molecule has 98 valence electrons. The maximum absolute atomic E-state index is 11.6. The average molecular weight is 258 g/mol. The number of hydrogen-bond acceptors (Lipinski definition) is 3. The van der Waals surface area contributed by atoms with E-state index in [1.54, 1.807) is 18.2 Å². The molecule has 0 atom stereocenters. The first kappa shape index (κ1) is 13.1. The number of esters is 1. The molecular formula is C15H14O4. The molecule has 4 nitrogen and oxygen atoms in total. The Morgan fingerprint density at radius 2 is 1.89 bits per heavy atom. The quantitative estimate of drug-likeness (QED) is 0.675. The zero-order valence-corrected chi connectivity index (χ0v) is 10.6. The van der Waals surface area contributed by atoms with E-state index in [1.165, 1.54) is 6.07 Å². The summed E-state index contributed by atoms with van der Waals surface area (Å²) in [6.07, 6.45) is 0.925. The number of hydrogen-bond donors (Lipinski definition) is 1. The van der Waals surface area contributed by atoms with E-state index in [2.05, 4.69) is 0 Å². The van der Waals surface area contributed by atoms with E-state index in [0.717, 1.165) is 5.39 Å². The van der Waals surface area contributed by atoms with Crippen molar-refractivity contribution < 1.29 is 19.4 Å². The van der Waals surface area contributed by atoms with Gasteiger partial charge in [-0.1, -0.05) is 37.3 Å². The SMILES string of the molecule is CCCC(=O)Oc1c(C(=O)O)ccc2ccccc12. The number of benzene rings is 2. The van der Waals surface area contributed by atoms with E-state index >= 15 is 0 Å². The number of fused-ring (bicyclic) bond motifs is 1. The third-order valence-corrected chi connectivity index (χ3v) is 2.78. The Kier molecular flexibility index (Phi) is 3.80. The summed E-state index contributed by atoms with van der Waals surface area (Å²) >= 11 is 0. The second-order valence-corrected chi connectivity index (χ2v) is 4.19. The number of carboxylic acid groups (broad SMARTS) is 1. The molecule has 0 heterocycles. The van der Waals surface area contributed by atoms with Gasteiger partial charge in [0.25, 0.3) is 0 Å². The van der Waals surface area contributed by atoms with Crippen LogP contribution in [0.3, 0.4) is 0 Å². The van der Waals surface area contributed by atoms with Crippen LogP contribution in [0.5, 0.6) is 5.75 Å². The summed E-state index contributed by atoms with van der Waals surface area (Å²) in [4.78, 5) is 22.8. The molecule has 0 spiro atoms. The smallest absolute Gasteiger partial charge is 0.339 e. The van der Waals surface area contributed by atoms with Gasteiger partial charge in [0.1, 0.15) is 5.56 Å². The van der Waals surface area contributed by atoms with Crippen molar-refractivity contribution in [3.8, 4) is 5.75 Å². The van der Waals surface area contributed by atoms with Crippen molar-refractivity contribution >= 4 is 22.7 Å². The van der Waals surface area contributed by atoms with Crippen LogP contribution in [0.2, 0.25) is 0 Å². The molecule has 0 aliphatic heterocycles. The lowest BCUT2D eigenvalue weighted by molar-refractivity contribution is -0.134. The molecule has 0 unspecified atom stereocenters. The van der Waals surface area contributed by atoms with Gasteiger partial charge < -0.3 is 9.84 Å². The van der Waals surface area contributed by atoms with Crippen molar-refractivity contribution in [3.63, 3.8) is 0 Å². The molecule has 0 aromatic heterocycles.